The molecule has 0 unspecified atom stereocenters. The van der Waals surface area contributed by atoms with Crippen LogP contribution in [0.15, 0.2) is 89.5 Å². The van der Waals surface area contributed by atoms with Gasteiger partial charge < -0.3 is 19.9 Å². The highest BCUT2D eigenvalue weighted by Gasteiger charge is 2.26. The Kier molecular flexibility index (Phi) is 7.78. The van der Waals surface area contributed by atoms with Gasteiger partial charge in [-0.05, 0) is 47.8 Å². The zero-order valence-electron chi connectivity index (χ0n) is 26.7. The Morgan fingerprint density at radius 2 is 1.74 bits per heavy atom. The standard InChI is InChI=1S/C36H38N8O2/c1-24(45)43-16-18-44(19-17-43)29-13-15-31(33(20-29)46-4)39-34-7-5-6-30-27(21-37-34)12-14-32-35(30)36(42(3)40-32)26-10-8-25(9-11-26)28-22-38-41(2)23-28/h5-11,13,15,20-23H,12,14,16-19H2,1-4H3,(H,37,39). The van der Waals surface area contributed by atoms with Crippen molar-refractivity contribution in [2.75, 3.05) is 43.5 Å². The molecular formula is C36H38N8O2. The van der Waals surface area contributed by atoms with Crippen LogP contribution in [-0.4, -0.2) is 69.9 Å². The number of carbonyl (C=O) groups is 1. The van der Waals surface area contributed by atoms with Crippen LogP contribution in [0.1, 0.15) is 24.6 Å². The molecule has 2 aromatic carbocycles. The van der Waals surface area contributed by atoms with E-state index in [0.29, 0.717) is 0 Å². The number of hydrogen-bond acceptors (Lipinski definition) is 7. The van der Waals surface area contributed by atoms with Gasteiger partial charge in [0.1, 0.15) is 11.6 Å². The highest BCUT2D eigenvalue weighted by molar-refractivity contribution is 6.00. The molecule has 1 aliphatic carbocycles. The first-order chi connectivity index (χ1) is 22.4. The lowest BCUT2D eigenvalue weighted by molar-refractivity contribution is -0.129. The summed E-state index contributed by atoms with van der Waals surface area (Å²) >= 11 is 0. The Morgan fingerprint density at radius 1 is 0.957 bits per heavy atom. The highest BCUT2D eigenvalue weighted by Crippen LogP contribution is 2.40. The minimum atomic E-state index is 0.128. The Morgan fingerprint density at radius 3 is 2.46 bits per heavy atom. The van der Waals surface area contributed by atoms with E-state index in [4.69, 9.17) is 14.8 Å². The van der Waals surface area contributed by atoms with E-state index in [0.717, 1.165) is 95.6 Å². The van der Waals surface area contributed by atoms with E-state index < -0.39 is 0 Å². The summed E-state index contributed by atoms with van der Waals surface area (Å²) in [6.45, 7) is 4.67. The van der Waals surface area contributed by atoms with Gasteiger partial charge in [0.05, 0.1) is 30.4 Å². The smallest absolute Gasteiger partial charge is 0.219 e. The van der Waals surface area contributed by atoms with Crippen molar-refractivity contribution in [2.45, 2.75) is 19.8 Å². The van der Waals surface area contributed by atoms with Crippen LogP contribution in [0, 0.1) is 0 Å². The number of aliphatic imine (C=N–C) groups is 1. The van der Waals surface area contributed by atoms with E-state index in [1.54, 1.807) is 14.0 Å². The first kappa shape index (κ1) is 29.3. The van der Waals surface area contributed by atoms with E-state index >= 15 is 0 Å². The van der Waals surface area contributed by atoms with Crippen LogP contribution >= 0.6 is 0 Å². The number of ether oxygens (including phenoxy) is 1. The summed E-state index contributed by atoms with van der Waals surface area (Å²) in [6, 6.07) is 14.8. The van der Waals surface area contributed by atoms with Gasteiger partial charge in [-0.15, -0.1) is 0 Å². The van der Waals surface area contributed by atoms with Crippen LogP contribution in [0.2, 0.25) is 0 Å². The summed E-state index contributed by atoms with van der Waals surface area (Å²) in [5, 5.41) is 12.7. The number of rotatable bonds is 6. The predicted octanol–water partition coefficient (Wildman–Crippen LogP) is 5.46. The number of carbonyl (C=O) groups excluding carboxylic acids is 1. The van der Waals surface area contributed by atoms with Crippen molar-refractivity contribution in [3.8, 4) is 28.1 Å². The van der Waals surface area contributed by atoms with Crippen molar-refractivity contribution in [1.29, 1.82) is 0 Å². The lowest BCUT2D eigenvalue weighted by Gasteiger charge is -2.35. The van der Waals surface area contributed by atoms with Crippen molar-refractivity contribution in [3.05, 3.63) is 95.7 Å². The van der Waals surface area contributed by atoms with Gasteiger partial charge >= 0.3 is 0 Å². The van der Waals surface area contributed by atoms with Gasteiger partial charge in [-0.1, -0.05) is 36.4 Å². The van der Waals surface area contributed by atoms with Crippen LogP contribution < -0.4 is 15.0 Å². The van der Waals surface area contributed by atoms with E-state index in [1.165, 1.54) is 11.1 Å². The average molecular weight is 615 g/mol. The quantitative estimate of drug-likeness (QED) is 0.310. The van der Waals surface area contributed by atoms with Crippen LogP contribution in [0.5, 0.6) is 5.75 Å². The maximum absolute atomic E-state index is 11.7. The third-order valence-corrected chi connectivity index (χ3v) is 8.98. The molecule has 7 rings (SSSR count). The summed E-state index contributed by atoms with van der Waals surface area (Å²) in [7, 11) is 5.64. The molecule has 4 aromatic rings. The molecule has 4 heterocycles. The molecule has 0 saturated carbocycles. The second-order valence-corrected chi connectivity index (χ2v) is 11.9. The molecule has 2 aliphatic heterocycles. The maximum atomic E-state index is 11.7. The molecule has 234 valence electrons. The Balaban J connectivity index is 1.11. The zero-order valence-corrected chi connectivity index (χ0v) is 26.7. The lowest BCUT2D eigenvalue weighted by atomic mass is 9.86. The van der Waals surface area contributed by atoms with Crippen LogP contribution in [-0.2, 0) is 25.3 Å². The fraction of sp³-hybridized carbons (Fsp3) is 0.278. The molecule has 46 heavy (non-hydrogen) atoms. The molecule has 10 heteroatoms. The normalized spacial score (nSPS) is 18.6. The number of piperazine rings is 1. The number of benzene rings is 2. The SMILES string of the molecule is COc1cc(N2CCN(C(C)=O)CC2)ccc1NC1=C/C=C/C2=C(/C=N\1)CCc1nn(C)c(-c3ccc(-c4cnn(C)c4)cc3)c12. The van der Waals surface area contributed by atoms with Crippen molar-refractivity contribution >= 4 is 29.1 Å². The van der Waals surface area contributed by atoms with Gasteiger partial charge in [-0.25, -0.2) is 4.99 Å². The molecule has 2 aromatic heterocycles. The number of hydrogen-bond donors (Lipinski definition) is 1. The largest absolute Gasteiger partial charge is 0.494 e. The number of allylic oxidation sites excluding steroid dienone is 5. The number of fused-ring (bicyclic) bond motifs is 2. The first-order valence-electron chi connectivity index (χ1n) is 15.6. The van der Waals surface area contributed by atoms with Crippen LogP contribution in [0.3, 0.4) is 0 Å². The molecule has 0 spiro atoms. The molecule has 10 nitrogen and oxygen atoms in total. The summed E-state index contributed by atoms with van der Waals surface area (Å²) in [5.41, 5.74) is 11.0. The number of nitrogens with one attached hydrogen (secondary N) is 1. The van der Waals surface area contributed by atoms with Gasteiger partial charge in [0.25, 0.3) is 0 Å². The molecule has 1 saturated heterocycles. The minimum Gasteiger partial charge on any atom is -0.494 e. The molecule has 1 amide bonds. The number of aryl methyl sites for hydroxylation is 3. The lowest BCUT2D eigenvalue weighted by Crippen LogP contribution is -2.48. The van der Waals surface area contributed by atoms with Crippen molar-refractivity contribution in [1.82, 2.24) is 24.5 Å². The molecule has 3 aliphatic rings. The van der Waals surface area contributed by atoms with E-state index in [-0.39, 0.29) is 5.91 Å². The molecule has 1 fully saturated rings. The molecule has 0 bridgehead atoms. The summed E-state index contributed by atoms with van der Waals surface area (Å²) in [4.78, 5) is 20.8. The summed E-state index contributed by atoms with van der Waals surface area (Å²) in [5.74, 6) is 1.60. The minimum absolute atomic E-state index is 0.128. The average Bonchev–Trinajstić information content (AvgIpc) is 3.65. The van der Waals surface area contributed by atoms with Gasteiger partial charge in [0.2, 0.25) is 5.91 Å². The summed E-state index contributed by atoms with van der Waals surface area (Å²) in [6.07, 6.45) is 13.8. The number of methoxy groups -OCH3 is 1. The fourth-order valence-corrected chi connectivity index (χ4v) is 6.53. The number of aromatic nitrogens is 4. The maximum Gasteiger partial charge on any atom is 0.219 e. The van der Waals surface area contributed by atoms with Gasteiger partial charge in [-0.2, -0.15) is 10.2 Å². The first-order valence-corrected chi connectivity index (χ1v) is 15.6. The van der Waals surface area contributed by atoms with Crippen LogP contribution in [0.25, 0.3) is 28.0 Å². The van der Waals surface area contributed by atoms with E-state index in [1.807, 2.05) is 65.2 Å². The monoisotopic (exact) mass is 614 g/mol. The topological polar surface area (TPSA) is 92.8 Å². The van der Waals surface area contributed by atoms with E-state index in [9.17, 15) is 4.79 Å². The molecular weight excluding hydrogens is 576 g/mol. The molecule has 0 radical (unpaired) electrons. The van der Waals surface area contributed by atoms with Crippen molar-refractivity contribution in [3.63, 3.8) is 0 Å². The number of anilines is 2. The zero-order chi connectivity index (χ0) is 31.8. The van der Waals surface area contributed by atoms with Crippen LogP contribution in [0.4, 0.5) is 11.4 Å². The summed E-state index contributed by atoms with van der Waals surface area (Å²) < 4.78 is 9.60. The Bertz CT molecular complexity index is 1920. The highest BCUT2D eigenvalue weighted by atomic mass is 16.5. The predicted molar refractivity (Wildman–Crippen MR) is 183 cm³/mol. The molecule has 0 atom stereocenters. The number of amides is 1. The fourth-order valence-electron chi connectivity index (χ4n) is 6.53. The second-order valence-electron chi connectivity index (χ2n) is 11.9. The third kappa shape index (κ3) is 5.62. The second kappa shape index (κ2) is 12.2. The van der Waals surface area contributed by atoms with Gasteiger partial charge in [0, 0.05) is 88.1 Å². The van der Waals surface area contributed by atoms with E-state index in [2.05, 4.69) is 57.8 Å². The van der Waals surface area contributed by atoms with Gasteiger partial charge in [0.15, 0.2) is 0 Å². The number of nitrogens with zero attached hydrogens (tertiary/aromatic N) is 7. The Hall–Kier alpha value is -5.38. The third-order valence-electron chi connectivity index (χ3n) is 8.98. The van der Waals surface area contributed by atoms with Crippen molar-refractivity contribution < 1.29 is 9.53 Å². The Labute approximate surface area is 269 Å². The molecule has 1 N–H and O–H groups in total. The van der Waals surface area contributed by atoms with Gasteiger partial charge in [-0.3, -0.25) is 14.2 Å². The van der Waals surface area contributed by atoms with Crippen molar-refractivity contribution in [2.24, 2.45) is 19.1 Å².